The van der Waals surface area contributed by atoms with Crippen molar-refractivity contribution in [1.29, 1.82) is 0 Å². The predicted octanol–water partition coefficient (Wildman–Crippen LogP) is -0.0536. The molecule has 0 aliphatic carbocycles. The predicted molar refractivity (Wildman–Crippen MR) is 68.0 cm³/mol. The lowest BCUT2D eigenvalue weighted by Gasteiger charge is -2.13. The minimum Gasteiger partial charge on any atom is -0.480 e. The number of carbonyl (C=O) groups is 3. The minimum atomic E-state index is -1.21. The normalized spacial score (nSPS) is 11.7. The first-order valence-electron chi connectivity index (χ1n) is 6.11. The Morgan fingerprint density at radius 3 is 2.70 bits per heavy atom. The van der Waals surface area contributed by atoms with E-state index in [1.807, 2.05) is 0 Å². The van der Waals surface area contributed by atoms with Gasteiger partial charge in [0, 0.05) is 19.7 Å². The van der Waals surface area contributed by atoms with E-state index in [1.54, 1.807) is 18.5 Å². The molecule has 8 heteroatoms. The number of aryl methyl sites for hydroxylation is 1. The molecule has 0 fully saturated rings. The molecule has 1 aromatic heterocycles. The van der Waals surface area contributed by atoms with Gasteiger partial charge in [-0.2, -0.15) is 0 Å². The van der Waals surface area contributed by atoms with Gasteiger partial charge in [-0.05, 0) is 13.3 Å². The number of imidazole rings is 1. The zero-order chi connectivity index (χ0) is 15.1. The molecule has 8 nitrogen and oxygen atoms in total. The maximum Gasteiger partial charge on any atom is 0.326 e. The Hall–Kier alpha value is -2.38. The van der Waals surface area contributed by atoms with E-state index in [9.17, 15) is 14.4 Å². The molecule has 1 aromatic rings. The van der Waals surface area contributed by atoms with Crippen molar-refractivity contribution in [2.45, 2.75) is 25.8 Å². The molecule has 0 unspecified atom stereocenters. The third kappa shape index (κ3) is 4.71. The van der Waals surface area contributed by atoms with Crippen molar-refractivity contribution in [3.05, 3.63) is 18.2 Å². The molecule has 0 aromatic carbocycles. The van der Waals surface area contributed by atoms with Crippen LogP contribution in [0.15, 0.2) is 12.5 Å². The Kier molecular flexibility index (Phi) is 5.70. The Morgan fingerprint density at radius 1 is 1.50 bits per heavy atom. The molecule has 2 N–H and O–H groups in total. The Balaban J connectivity index is 2.57. The highest BCUT2D eigenvalue weighted by Crippen LogP contribution is 2.02. The molecule has 0 radical (unpaired) electrons. The Morgan fingerprint density at radius 2 is 2.20 bits per heavy atom. The maximum atomic E-state index is 11.8. The van der Waals surface area contributed by atoms with Crippen LogP contribution >= 0.6 is 0 Å². The van der Waals surface area contributed by atoms with Gasteiger partial charge in [0.2, 0.25) is 0 Å². The fourth-order valence-corrected chi connectivity index (χ4v) is 1.51. The van der Waals surface area contributed by atoms with Crippen LogP contribution in [0.3, 0.4) is 0 Å². The molecule has 1 atom stereocenters. The zero-order valence-electron chi connectivity index (χ0n) is 11.3. The number of carbonyl (C=O) groups excluding carboxylic acids is 2. The van der Waals surface area contributed by atoms with Crippen LogP contribution in [0.1, 0.15) is 30.3 Å². The van der Waals surface area contributed by atoms with Crippen LogP contribution in [0, 0.1) is 0 Å². The largest absolute Gasteiger partial charge is 0.480 e. The van der Waals surface area contributed by atoms with Crippen LogP contribution in [0.5, 0.6) is 0 Å². The molecule has 1 amide bonds. The van der Waals surface area contributed by atoms with Crippen LogP contribution in [0.2, 0.25) is 0 Å². The smallest absolute Gasteiger partial charge is 0.326 e. The summed E-state index contributed by atoms with van der Waals surface area (Å²) in [5, 5.41) is 11.3. The molecule has 1 rings (SSSR count). The van der Waals surface area contributed by atoms with Gasteiger partial charge in [0.05, 0.1) is 12.9 Å². The van der Waals surface area contributed by atoms with E-state index >= 15 is 0 Å². The van der Waals surface area contributed by atoms with E-state index in [0.29, 0.717) is 0 Å². The summed E-state index contributed by atoms with van der Waals surface area (Å²) in [5.41, 5.74) is 0.120. The topological polar surface area (TPSA) is 111 Å². The SMILES string of the molecule is CCOC(=O)CC[C@H](NC(=O)c1cn(C)cn1)C(=O)O. The fraction of sp³-hybridized carbons (Fsp3) is 0.500. The molecule has 0 bridgehead atoms. The second-order valence-corrected chi connectivity index (χ2v) is 4.13. The summed E-state index contributed by atoms with van der Waals surface area (Å²) in [6.07, 6.45) is 2.79. The highest BCUT2D eigenvalue weighted by Gasteiger charge is 2.22. The average Bonchev–Trinajstić information content (AvgIpc) is 2.81. The summed E-state index contributed by atoms with van der Waals surface area (Å²) >= 11 is 0. The lowest BCUT2D eigenvalue weighted by Crippen LogP contribution is -2.41. The van der Waals surface area contributed by atoms with E-state index in [4.69, 9.17) is 9.84 Å². The van der Waals surface area contributed by atoms with Gasteiger partial charge in [0.15, 0.2) is 0 Å². The summed E-state index contributed by atoms with van der Waals surface area (Å²) in [4.78, 5) is 37.8. The van der Waals surface area contributed by atoms with E-state index in [2.05, 4.69) is 10.3 Å². The summed E-state index contributed by atoms with van der Waals surface area (Å²) in [5.74, 6) is -2.30. The van der Waals surface area contributed by atoms with Gasteiger partial charge in [-0.3, -0.25) is 9.59 Å². The van der Waals surface area contributed by atoms with Gasteiger partial charge in [0.1, 0.15) is 11.7 Å². The van der Waals surface area contributed by atoms with Gasteiger partial charge in [-0.25, -0.2) is 9.78 Å². The number of amides is 1. The number of aromatic nitrogens is 2. The first kappa shape index (κ1) is 15.7. The number of aliphatic carboxylic acids is 1. The number of carboxylic acids is 1. The number of rotatable bonds is 7. The van der Waals surface area contributed by atoms with Gasteiger partial charge < -0.3 is 19.7 Å². The third-order valence-electron chi connectivity index (χ3n) is 2.48. The molecule has 0 aliphatic heterocycles. The fourth-order valence-electron chi connectivity index (χ4n) is 1.51. The van der Waals surface area contributed by atoms with Gasteiger partial charge >= 0.3 is 11.9 Å². The molecule has 0 spiro atoms. The lowest BCUT2D eigenvalue weighted by molar-refractivity contribution is -0.144. The molecule has 0 saturated carbocycles. The van der Waals surface area contributed by atoms with Crippen molar-refractivity contribution in [1.82, 2.24) is 14.9 Å². The zero-order valence-corrected chi connectivity index (χ0v) is 11.3. The van der Waals surface area contributed by atoms with Gasteiger partial charge in [0.25, 0.3) is 5.91 Å². The Labute approximate surface area is 115 Å². The van der Waals surface area contributed by atoms with Crippen LogP contribution < -0.4 is 5.32 Å². The van der Waals surface area contributed by atoms with Crippen molar-refractivity contribution < 1.29 is 24.2 Å². The highest BCUT2D eigenvalue weighted by atomic mass is 16.5. The van der Waals surface area contributed by atoms with Crippen molar-refractivity contribution in [2.75, 3.05) is 6.61 Å². The molecule has 0 saturated heterocycles. The number of nitrogens with one attached hydrogen (secondary N) is 1. The first-order chi connectivity index (χ1) is 9.43. The second kappa shape index (κ2) is 7.27. The molecular weight excluding hydrogens is 266 g/mol. The van der Waals surface area contributed by atoms with Gasteiger partial charge in [-0.15, -0.1) is 0 Å². The molecular formula is C12H17N3O5. The first-order valence-corrected chi connectivity index (χ1v) is 6.11. The standard InChI is InChI=1S/C12H17N3O5/c1-3-20-10(16)5-4-8(12(18)19)14-11(17)9-6-15(2)7-13-9/h6-8H,3-5H2,1-2H3,(H,14,17)(H,18,19)/t8-/m0/s1. The molecule has 110 valence electrons. The van der Waals surface area contributed by atoms with Gasteiger partial charge in [-0.1, -0.05) is 0 Å². The van der Waals surface area contributed by atoms with Crippen LogP contribution in [0.4, 0.5) is 0 Å². The van der Waals surface area contributed by atoms with Crippen LogP contribution in [-0.4, -0.2) is 45.2 Å². The number of ether oxygens (including phenoxy) is 1. The number of hydrogen-bond donors (Lipinski definition) is 2. The molecule has 1 heterocycles. The summed E-state index contributed by atoms with van der Waals surface area (Å²) in [6, 6.07) is -1.16. The number of nitrogens with zero attached hydrogens (tertiary/aromatic N) is 2. The molecule has 0 aliphatic rings. The van der Waals surface area contributed by atoms with Crippen LogP contribution in [-0.2, 0) is 21.4 Å². The van der Waals surface area contributed by atoms with E-state index < -0.39 is 23.9 Å². The van der Waals surface area contributed by atoms with Crippen LogP contribution in [0.25, 0.3) is 0 Å². The third-order valence-corrected chi connectivity index (χ3v) is 2.48. The van der Waals surface area contributed by atoms with Crippen molar-refractivity contribution in [3.63, 3.8) is 0 Å². The summed E-state index contributed by atoms with van der Waals surface area (Å²) in [6.45, 7) is 1.90. The van der Waals surface area contributed by atoms with E-state index in [0.717, 1.165) is 0 Å². The summed E-state index contributed by atoms with van der Waals surface area (Å²) < 4.78 is 6.28. The Bertz CT molecular complexity index is 497. The van der Waals surface area contributed by atoms with Crippen molar-refractivity contribution in [2.24, 2.45) is 7.05 Å². The summed E-state index contributed by atoms with van der Waals surface area (Å²) in [7, 11) is 1.69. The van der Waals surface area contributed by atoms with E-state index in [1.165, 1.54) is 12.5 Å². The monoisotopic (exact) mass is 283 g/mol. The number of esters is 1. The minimum absolute atomic E-state index is 0.0350. The van der Waals surface area contributed by atoms with Crippen molar-refractivity contribution >= 4 is 17.8 Å². The van der Waals surface area contributed by atoms with Crippen molar-refractivity contribution in [3.8, 4) is 0 Å². The highest BCUT2D eigenvalue weighted by molar-refractivity contribution is 5.94. The number of hydrogen-bond acceptors (Lipinski definition) is 5. The maximum absolute atomic E-state index is 11.8. The second-order valence-electron chi connectivity index (χ2n) is 4.13. The lowest BCUT2D eigenvalue weighted by atomic mass is 10.1. The number of carboxylic acid groups (broad SMARTS) is 1. The molecule has 20 heavy (non-hydrogen) atoms. The van der Waals surface area contributed by atoms with E-state index in [-0.39, 0.29) is 25.1 Å². The quantitative estimate of drug-likeness (QED) is 0.679. The average molecular weight is 283 g/mol.